The van der Waals surface area contributed by atoms with Crippen LogP contribution in [0.4, 0.5) is 0 Å². The minimum Gasteiger partial charge on any atom is -0.349 e. The molecule has 1 amide bonds. The Labute approximate surface area is 170 Å². The van der Waals surface area contributed by atoms with Crippen LogP contribution in [0, 0.1) is 19.8 Å². The summed E-state index contributed by atoms with van der Waals surface area (Å²) in [5, 5.41) is 0.548. The highest BCUT2D eigenvalue weighted by molar-refractivity contribution is 6.07. The Morgan fingerprint density at radius 2 is 1.83 bits per heavy atom. The number of likely N-dealkylation sites (tertiary alicyclic amines) is 1. The van der Waals surface area contributed by atoms with E-state index in [2.05, 4.69) is 31.2 Å². The Bertz CT molecular complexity index is 1220. The van der Waals surface area contributed by atoms with Crippen LogP contribution in [0.25, 0.3) is 10.9 Å². The number of rotatable bonds is 2. The molecule has 0 radical (unpaired) electrons. The van der Waals surface area contributed by atoms with Crippen LogP contribution >= 0.6 is 0 Å². The van der Waals surface area contributed by atoms with Crippen molar-refractivity contribution in [2.45, 2.75) is 32.1 Å². The molecule has 3 heterocycles. The minimum atomic E-state index is -0.104. The number of aromatic nitrogens is 2. The van der Waals surface area contributed by atoms with Gasteiger partial charge in [0, 0.05) is 45.0 Å². The molecule has 5 rings (SSSR count). The molecule has 1 aromatic carbocycles. The second-order valence-corrected chi connectivity index (χ2v) is 8.98. The summed E-state index contributed by atoms with van der Waals surface area (Å²) in [5.74, 6) is 0.504. The summed E-state index contributed by atoms with van der Waals surface area (Å²) < 4.78 is 3.49. The molecule has 29 heavy (non-hydrogen) atoms. The fraction of sp³-hybridized carbons (Fsp3) is 0.417. The number of aryl methyl sites for hydroxylation is 4. The first kappa shape index (κ1) is 18.2. The van der Waals surface area contributed by atoms with E-state index in [0.29, 0.717) is 16.9 Å². The van der Waals surface area contributed by atoms with Crippen molar-refractivity contribution in [2.24, 2.45) is 20.0 Å². The first-order chi connectivity index (χ1) is 13.8. The van der Waals surface area contributed by atoms with Crippen LogP contribution in [0.1, 0.15) is 39.9 Å². The van der Waals surface area contributed by atoms with Crippen LogP contribution in [0.2, 0.25) is 0 Å². The van der Waals surface area contributed by atoms with Crippen molar-refractivity contribution in [3.63, 3.8) is 0 Å². The van der Waals surface area contributed by atoms with Gasteiger partial charge in [-0.15, -0.1) is 0 Å². The van der Waals surface area contributed by atoms with Crippen LogP contribution in [-0.4, -0.2) is 33.0 Å². The van der Waals surface area contributed by atoms with Gasteiger partial charge in [0.05, 0.1) is 16.5 Å². The molecule has 150 valence electrons. The maximum atomic E-state index is 13.4. The lowest BCUT2D eigenvalue weighted by molar-refractivity contribution is 0.0709. The zero-order valence-corrected chi connectivity index (χ0v) is 17.5. The summed E-state index contributed by atoms with van der Waals surface area (Å²) >= 11 is 0. The molecule has 0 N–H and O–H groups in total. The second kappa shape index (κ2) is 6.09. The summed E-state index contributed by atoms with van der Waals surface area (Å²) in [6, 6.07) is 8.65. The van der Waals surface area contributed by atoms with Crippen molar-refractivity contribution >= 4 is 16.8 Å². The summed E-state index contributed by atoms with van der Waals surface area (Å²) in [4.78, 5) is 28.2. The minimum absolute atomic E-state index is 0.0106. The van der Waals surface area contributed by atoms with Crippen molar-refractivity contribution < 1.29 is 4.79 Å². The average molecular weight is 389 g/mol. The third-order valence-corrected chi connectivity index (χ3v) is 7.18. The molecule has 2 aliphatic rings. The maximum Gasteiger partial charge on any atom is 0.260 e. The van der Waals surface area contributed by atoms with Gasteiger partial charge in [0.25, 0.3) is 11.5 Å². The van der Waals surface area contributed by atoms with Gasteiger partial charge in [-0.25, -0.2) is 0 Å². The van der Waals surface area contributed by atoms with E-state index in [9.17, 15) is 9.59 Å². The molecule has 3 aromatic rings. The van der Waals surface area contributed by atoms with Crippen LogP contribution in [0.3, 0.4) is 0 Å². The zero-order valence-electron chi connectivity index (χ0n) is 17.5. The predicted octanol–water partition coefficient (Wildman–Crippen LogP) is 3.30. The molecule has 0 spiro atoms. The lowest BCUT2D eigenvalue weighted by Gasteiger charge is -2.32. The van der Waals surface area contributed by atoms with E-state index in [-0.39, 0.29) is 16.9 Å². The summed E-state index contributed by atoms with van der Waals surface area (Å²) in [7, 11) is 3.66. The highest BCUT2D eigenvalue weighted by atomic mass is 16.2. The fourth-order valence-electron chi connectivity index (χ4n) is 5.64. The summed E-state index contributed by atoms with van der Waals surface area (Å²) in [6.07, 6.45) is 5.81. The monoisotopic (exact) mass is 389 g/mol. The Balaban J connectivity index is 1.47. The first-order valence-corrected chi connectivity index (χ1v) is 10.3. The number of benzene rings is 1. The van der Waals surface area contributed by atoms with Crippen molar-refractivity contribution in [3.8, 4) is 0 Å². The molecule has 2 fully saturated rings. The normalized spacial score (nSPS) is 23.3. The molecule has 0 bridgehead atoms. The number of nitrogens with zero attached hydrogens (tertiary/aromatic N) is 3. The van der Waals surface area contributed by atoms with Crippen molar-refractivity contribution in [3.05, 3.63) is 69.3 Å². The lowest BCUT2D eigenvalue weighted by Crippen LogP contribution is -2.40. The number of piperidine rings is 1. The summed E-state index contributed by atoms with van der Waals surface area (Å²) in [5.41, 5.74) is 5.34. The molecule has 5 nitrogen and oxygen atoms in total. The van der Waals surface area contributed by atoms with Crippen LogP contribution in [-0.2, 0) is 19.5 Å². The van der Waals surface area contributed by atoms with Crippen molar-refractivity contribution in [1.82, 2.24) is 14.0 Å². The van der Waals surface area contributed by atoms with Crippen LogP contribution in [0.5, 0.6) is 0 Å². The molecule has 1 aliphatic carbocycles. The number of hydrogen-bond donors (Lipinski definition) is 0. The Morgan fingerprint density at radius 1 is 1.07 bits per heavy atom. The number of carbonyl (C=O) groups excluding carboxylic acids is 1. The molecule has 1 saturated heterocycles. The van der Waals surface area contributed by atoms with Crippen LogP contribution < -0.4 is 5.56 Å². The van der Waals surface area contributed by atoms with Gasteiger partial charge in [-0.2, -0.15) is 0 Å². The fourth-order valence-corrected chi connectivity index (χ4v) is 5.64. The topological polar surface area (TPSA) is 47.2 Å². The Kier molecular flexibility index (Phi) is 3.83. The first-order valence-electron chi connectivity index (χ1n) is 10.3. The van der Waals surface area contributed by atoms with Gasteiger partial charge in [-0.3, -0.25) is 9.59 Å². The molecule has 1 aliphatic heterocycles. The van der Waals surface area contributed by atoms with Gasteiger partial charge in [0.15, 0.2) is 0 Å². The highest BCUT2D eigenvalue weighted by Gasteiger charge is 2.58. The van der Waals surface area contributed by atoms with E-state index < -0.39 is 0 Å². The van der Waals surface area contributed by atoms with Gasteiger partial charge in [0.1, 0.15) is 0 Å². The lowest BCUT2D eigenvalue weighted by atomic mass is 9.84. The molecule has 1 saturated carbocycles. The molecule has 2 unspecified atom stereocenters. The summed E-state index contributed by atoms with van der Waals surface area (Å²) in [6.45, 7) is 5.69. The van der Waals surface area contributed by atoms with E-state index in [1.807, 2.05) is 35.8 Å². The largest absolute Gasteiger partial charge is 0.349 e. The van der Waals surface area contributed by atoms with Gasteiger partial charge in [-0.1, -0.05) is 24.3 Å². The Hall–Kier alpha value is -2.82. The maximum absolute atomic E-state index is 13.4. The molecular weight excluding hydrogens is 362 g/mol. The van der Waals surface area contributed by atoms with Gasteiger partial charge in [0.2, 0.25) is 0 Å². The molecule has 5 heteroatoms. The van der Waals surface area contributed by atoms with E-state index in [1.165, 1.54) is 11.1 Å². The third-order valence-electron chi connectivity index (χ3n) is 7.18. The number of carbonyl (C=O) groups is 1. The molecular formula is C24H27N3O2. The van der Waals surface area contributed by atoms with E-state index >= 15 is 0 Å². The van der Waals surface area contributed by atoms with E-state index in [4.69, 9.17) is 0 Å². The van der Waals surface area contributed by atoms with Crippen molar-refractivity contribution in [2.75, 3.05) is 13.1 Å². The number of amides is 1. The number of pyridine rings is 1. The van der Waals surface area contributed by atoms with Crippen LogP contribution in [0.15, 0.2) is 41.5 Å². The quantitative estimate of drug-likeness (QED) is 0.675. The van der Waals surface area contributed by atoms with Gasteiger partial charge in [-0.05, 0) is 49.3 Å². The standard InChI is InChI=1S/C24H27N3O2/c1-15-7-5-6-8-19(15)24-9-10-27(13-17(24)11-24)22(28)18-14-25(3)21-16(2)12-26(4)23(29)20(18)21/h5-8,12,14,17H,9-11,13H2,1-4H3. The SMILES string of the molecule is Cc1ccccc1C12CCN(C(=O)c3cn(C)c4c(C)cn(C)c(=O)c34)CC1C2. The predicted molar refractivity (Wildman–Crippen MR) is 114 cm³/mol. The zero-order chi connectivity index (χ0) is 20.5. The average Bonchev–Trinajstić information content (AvgIpc) is 3.33. The van der Waals surface area contributed by atoms with Gasteiger partial charge < -0.3 is 14.0 Å². The highest BCUT2D eigenvalue weighted by Crippen LogP contribution is 2.59. The number of fused-ring (bicyclic) bond motifs is 2. The van der Waals surface area contributed by atoms with E-state index in [0.717, 1.165) is 37.0 Å². The van der Waals surface area contributed by atoms with Crippen molar-refractivity contribution in [1.29, 1.82) is 0 Å². The van der Waals surface area contributed by atoms with E-state index in [1.54, 1.807) is 11.6 Å². The molecule has 2 atom stereocenters. The molecule has 2 aromatic heterocycles. The smallest absolute Gasteiger partial charge is 0.260 e. The number of hydrogen-bond acceptors (Lipinski definition) is 2. The third kappa shape index (κ3) is 2.53. The second-order valence-electron chi connectivity index (χ2n) is 8.98. The Morgan fingerprint density at radius 3 is 2.55 bits per heavy atom. The van der Waals surface area contributed by atoms with Gasteiger partial charge >= 0.3 is 0 Å².